The number of rotatable bonds is 7. The van der Waals surface area contributed by atoms with Gasteiger partial charge in [0, 0.05) is 23.2 Å². The van der Waals surface area contributed by atoms with Crippen LogP contribution in [0.1, 0.15) is 12.5 Å². The summed E-state index contributed by atoms with van der Waals surface area (Å²) in [6.07, 6.45) is 1.81. The van der Waals surface area contributed by atoms with Crippen LogP contribution >= 0.6 is 11.8 Å². The number of benzene rings is 3. The van der Waals surface area contributed by atoms with Gasteiger partial charge in [0.15, 0.2) is 11.0 Å². The van der Waals surface area contributed by atoms with Crippen LogP contribution in [0.25, 0.3) is 22.2 Å². The number of nitrogens with one attached hydrogen (secondary N) is 1. The number of thioether (sulfide) groups is 1. The highest BCUT2D eigenvalue weighted by Gasteiger charge is 2.21. The lowest BCUT2D eigenvalue weighted by molar-refractivity contribution is -0.115. The van der Waals surface area contributed by atoms with Gasteiger partial charge in [-0.3, -0.25) is 9.36 Å². The molecule has 6 heteroatoms. The van der Waals surface area contributed by atoms with Crippen LogP contribution in [0.4, 0.5) is 5.69 Å². The number of hydrogen-bond donors (Lipinski definition) is 1. The van der Waals surface area contributed by atoms with Crippen LogP contribution in [0.2, 0.25) is 0 Å². The minimum absolute atomic E-state index is 0.0772. The van der Waals surface area contributed by atoms with Crippen molar-refractivity contribution in [1.29, 1.82) is 0 Å². The standard InChI is InChI=1S/C25H24N4OS/c1-4-15-29-23(20-12-7-9-17(2)16-20)27-28-25(29)31-18(3)24(30)26-22-14-8-11-19-10-5-6-13-21(19)22/h4-14,16,18H,1,15H2,2-3H3,(H,26,30). The lowest BCUT2D eigenvalue weighted by Crippen LogP contribution is -2.23. The zero-order chi connectivity index (χ0) is 21.8. The second-order valence-corrected chi connectivity index (χ2v) is 8.66. The highest BCUT2D eigenvalue weighted by atomic mass is 32.2. The number of carbonyl (C=O) groups excluding carboxylic acids is 1. The van der Waals surface area contributed by atoms with Crippen molar-refractivity contribution in [2.45, 2.75) is 30.8 Å². The molecule has 156 valence electrons. The summed E-state index contributed by atoms with van der Waals surface area (Å²) in [5.74, 6) is 0.694. The van der Waals surface area contributed by atoms with E-state index >= 15 is 0 Å². The fourth-order valence-electron chi connectivity index (χ4n) is 3.45. The lowest BCUT2D eigenvalue weighted by Gasteiger charge is -2.14. The van der Waals surface area contributed by atoms with Crippen molar-refractivity contribution in [2.75, 3.05) is 5.32 Å². The Morgan fingerprint density at radius 3 is 2.71 bits per heavy atom. The average Bonchev–Trinajstić information content (AvgIpc) is 3.16. The summed E-state index contributed by atoms with van der Waals surface area (Å²) in [7, 11) is 0. The molecule has 0 saturated heterocycles. The Hall–Kier alpha value is -3.38. The van der Waals surface area contributed by atoms with E-state index < -0.39 is 0 Å². The SMILES string of the molecule is C=CCn1c(SC(C)C(=O)Nc2cccc3ccccc23)nnc1-c1cccc(C)c1. The zero-order valence-corrected chi connectivity index (χ0v) is 18.4. The van der Waals surface area contributed by atoms with Gasteiger partial charge in [0.1, 0.15) is 0 Å². The third kappa shape index (κ3) is 4.54. The van der Waals surface area contributed by atoms with E-state index in [0.29, 0.717) is 11.7 Å². The Labute approximate surface area is 186 Å². The van der Waals surface area contributed by atoms with E-state index in [2.05, 4.69) is 28.2 Å². The van der Waals surface area contributed by atoms with E-state index in [1.165, 1.54) is 11.8 Å². The Morgan fingerprint density at radius 1 is 1.13 bits per heavy atom. The maximum atomic E-state index is 12.9. The van der Waals surface area contributed by atoms with Gasteiger partial charge in [0.2, 0.25) is 5.91 Å². The second-order valence-electron chi connectivity index (χ2n) is 7.35. The minimum Gasteiger partial charge on any atom is -0.325 e. The summed E-state index contributed by atoms with van der Waals surface area (Å²) in [6, 6.07) is 22.1. The molecule has 0 spiro atoms. The molecule has 0 fully saturated rings. The maximum Gasteiger partial charge on any atom is 0.237 e. The van der Waals surface area contributed by atoms with E-state index in [1.54, 1.807) is 0 Å². The Morgan fingerprint density at radius 2 is 1.90 bits per heavy atom. The highest BCUT2D eigenvalue weighted by molar-refractivity contribution is 8.00. The van der Waals surface area contributed by atoms with Crippen molar-refractivity contribution in [3.63, 3.8) is 0 Å². The summed E-state index contributed by atoms with van der Waals surface area (Å²) in [4.78, 5) is 12.9. The number of nitrogens with zero attached hydrogens (tertiary/aromatic N) is 3. The largest absolute Gasteiger partial charge is 0.325 e. The first kappa shape index (κ1) is 20.9. The molecule has 0 bridgehead atoms. The van der Waals surface area contributed by atoms with Crippen molar-refractivity contribution in [2.24, 2.45) is 0 Å². The third-order valence-corrected chi connectivity index (χ3v) is 6.08. The molecule has 5 nitrogen and oxygen atoms in total. The molecule has 1 amide bonds. The quantitative estimate of drug-likeness (QED) is 0.302. The van der Waals surface area contributed by atoms with Gasteiger partial charge >= 0.3 is 0 Å². The fraction of sp³-hybridized carbons (Fsp3) is 0.160. The molecule has 0 aliphatic carbocycles. The van der Waals surface area contributed by atoms with Crippen molar-refractivity contribution < 1.29 is 4.79 Å². The summed E-state index contributed by atoms with van der Waals surface area (Å²) in [5.41, 5.74) is 2.96. The number of allylic oxidation sites excluding steroid dienone is 1. The summed E-state index contributed by atoms with van der Waals surface area (Å²) < 4.78 is 1.99. The normalized spacial score (nSPS) is 11.9. The van der Waals surface area contributed by atoms with Crippen molar-refractivity contribution in [1.82, 2.24) is 14.8 Å². The third-order valence-electron chi connectivity index (χ3n) is 5.00. The minimum atomic E-state index is -0.350. The van der Waals surface area contributed by atoms with Gasteiger partial charge < -0.3 is 5.32 Å². The zero-order valence-electron chi connectivity index (χ0n) is 17.6. The van der Waals surface area contributed by atoms with Crippen LogP contribution in [0.3, 0.4) is 0 Å². The van der Waals surface area contributed by atoms with E-state index in [-0.39, 0.29) is 11.2 Å². The first-order valence-corrected chi connectivity index (χ1v) is 11.0. The van der Waals surface area contributed by atoms with Gasteiger partial charge in [-0.15, -0.1) is 16.8 Å². The number of fused-ring (bicyclic) bond motifs is 1. The van der Waals surface area contributed by atoms with E-state index in [9.17, 15) is 4.79 Å². The van der Waals surface area contributed by atoms with Gasteiger partial charge in [0.25, 0.3) is 0 Å². The number of aromatic nitrogens is 3. The highest BCUT2D eigenvalue weighted by Crippen LogP contribution is 2.29. The summed E-state index contributed by atoms with van der Waals surface area (Å²) in [6.45, 7) is 8.36. The van der Waals surface area contributed by atoms with Crippen LogP contribution in [0.5, 0.6) is 0 Å². The molecule has 1 heterocycles. The molecule has 0 saturated carbocycles. The maximum absolute atomic E-state index is 12.9. The molecule has 3 aromatic carbocycles. The van der Waals surface area contributed by atoms with Gasteiger partial charge in [-0.2, -0.15) is 0 Å². The van der Waals surface area contributed by atoms with Crippen LogP contribution in [0, 0.1) is 6.92 Å². The monoisotopic (exact) mass is 428 g/mol. The number of carbonyl (C=O) groups is 1. The molecule has 4 rings (SSSR count). The van der Waals surface area contributed by atoms with Crippen LogP contribution < -0.4 is 5.32 Å². The first-order valence-electron chi connectivity index (χ1n) is 10.1. The van der Waals surface area contributed by atoms with Crippen molar-refractivity contribution >= 4 is 34.1 Å². The molecular formula is C25H24N4OS. The predicted molar refractivity (Wildman–Crippen MR) is 128 cm³/mol. The summed E-state index contributed by atoms with van der Waals surface area (Å²) in [5, 5.41) is 14.3. The molecule has 1 unspecified atom stereocenters. The molecule has 0 aliphatic rings. The molecule has 0 aliphatic heterocycles. The Kier molecular flexibility index (Phi) is 6.18. The van der Waals surface area contributed by atoms with E-state index in [1.807, 2.05) is 85.2 Å². The van der Waals surface area contributed by atoms with Crippen LogP contribution in [0.15, 0.2) is 84.5 Å². The summed E-state index contributed by atoms with van der Waals surface area (Å²) >= 11 is 1.39. The van der Waals surface area contributed by atoms with Gasteiger partial charge in [0.05, 0.1) is 5.25 Å². The molecule has 1 aromatic heterocycles. The Balaban J connectivity index is 1.56. The number of aryl methyl sites for hydroxylation is 1. The lowest BCUT2D eigenvalue weighted by atomic mass is 10.1. The first-order chi connectivity index (χ1) is 15.1. The number of anilines is 1. The molecule has 1 atom stereocenters. The molecule has 1 N–H and O–H groups in total. The van der Waals surface area contributed by atoms with Gasteiger partial charge in [-0.05, 0) is 31.4 Å². The van der Waals surface area contributed by atoms with Gasteiger partial charge in [-0.25, -0.2) is 0 Å². The van der Waals surface area contributed by atoms with Crippen LogP contribution in [-0.4, -0.2) is 25.9 Å². The number of amides is 1. The molecular weight excluding hydrogens is 404 g/mol. The van der Waals surface area contributed by atoms with E-state index in [0.717, 1.165) is 33.4 Å². The second kappa shape index (κ2) is 9.18. The molecule has 4 aromatic rings. The predicted octanol–water partition coefficient (Wildman–Crippen LogP) is 5.71. The number of hydrogen-bond acceptors (Lipinski definition) is 4. The van der Waals surface area contributed by atoms with Crippen LogP contribution in [-0.2, 0) is 11.3 Å². The van der Waals surface area contributed by atoms with Crippen molar-refractivity contribution in [3.05, 3.63) is 84.9 Å². The average molecular weight is 429 g/mol. The molecule has 31 heavy (non-hydrogen) atoms. The fourth-order valence-corrected chi connectivity index (χ4v) is 4.31. The van der Waals surface area contributed by atoms with E-state index in [4.69, 9.17) is 0 Å². The molecule has 0 radical (unpaired) electrons. The topological polar surface area (TPSA) is 59.8 Å². The van der Waals surface area contributed by atoms with Crippen molar-refractivity contribution in [3.8, 4) is 11.4 Å². The Bertz CT molecular complexity index is 1240. The smallest absolute Gasteiger partial charge is 0.237 e. The van der Waals surface area contributed by atoms with Gasteiger partial charge in [-0.1, -0.05) is 78.0 Å².